The zero-order valence-electron chi connectivity index (χ0n) is 65.0. The van der Waals surface area contributed by atoms with E-state index in [2.05, 4.69) is 86.8 Å². The van der Waals surface area contributed by atoms with Crippen LogP contribution < -0.4 is 5.11 Å². The Balaban J connectivity index is 3.94. The zero-order chi connectivity index (χ0) is 70.4. The summed E-state index contributed by atoms with van der Waals surface area (Å²) in [6, 6.07) is 0. The van der Waals surface area contributed by atoms with Crippen molar-refractivity contribution in [3.05, 3.63) is 72.9 Å². The second kappa shape index (κ2) is 78.4. The monoisotopic (exact) mass is 1360 g/mol. The van der Waals surface area contributed by atoms with Crippen molar-refractivity contribution in [2.45, 2.75) is 424 Å². The quantitative estimate of drug-likeness (QED) is 0.0195. The first-order valence-corrected chi connectivity index (χ1v) is 42.1. The van der Waals surface area contributed by atoms with Gasteiger partial charge in [-0.15, -0.1) is 0 Å². The number of esters is 2. The van der Waals surface area contributed by atoms with Gasteiger partial charge >= 0.3 is 11.9 Å². The number of carbonyl (C=O) groups is 3. The topological polar surface area (TPSA) is 111 Å². The summed E-state index contributed by atoms with van der Waals surface area (Å²) in [5, 5.41) is 11.9. The van der Waals surface area contributed by atoms with E-state index in [0.29, 0.717) is 17.4 Å². The number of ether oxygens (including phenoxy) is 4. The molecule has 0 bridgehead atoms. The highest BCUT2D eigenvalue weighted by molar-refractivity contribution is 5.70. The van der Waals surface area contributed by atoms with E-state index < -0.39 is 24.3 Å². The molecule has 0 N–H and O–H groups in total. The maximum Gasteiger partial charge on any atom is 0.306 e. The van der Waals surface area contributed by atoms with Crippen LogP contribution in [0.5, 0.6) is 0 Å². The molecule has 0 spiro atoms. The van der Waals surface area contributed by atoms with Crippen molar-refractivity contribution in [3.8, 4) is 0 Å². The van der Waals surface area contributed by atoms with Gasteiger partial charge in [-0.3, -0.25) is 9.59 Å². The van der Waals surface area contributed by atoms with Crippen LogP contribution in [0.2, 0.25) is 0 Å². The highest BCUT2D eigenvalue weighted by atomic mass is 16.7. The number of hydrogen-bond acceptors (Lipinski definition) is 8. The van der Waals surface area contributed by atoms with Crippen molar-refractivity contribution in [2.75, 3.05) is 47.5 Å². The van der Waals surface area contributed by atoms with Crippen LogP contribution in [0.1, 0.15) is 412 Å². The highest BCUT2D eigenvalue weighted by Crippen LogP contribution is 2.20. The van der Waals surface area contributed by atoms with Crippen LogP contribution in [-0.2, 0) is 33.3 Å². The zero-order valence-corrected chi connectivity index (χ0v) is 65.0. The molecule has 0 saturated carbocycles. The summed E-state index contributed by atoms with van der Waals surface area (Å²) in [6.07, 6.45) is 103. The molecule has 0 aromatic heterocycles. The summed E-state index contributed by atoms with van der Waals surface area (Å²) in [5.74, 6) is -2.25. The molecule has 0 heterocycles. The SMILES string of the molecule is CC/C=C\C/C=C\C/C=C\C/C=C\CCCCCCCCCCCCCCCCCCCCCCCCC(=O)OC(COC(=O)CCCCCCCCCCCCCCCCCCCCCCCCCCC/C=C\C/C=C\CCCCCCC)COC(OCC[N+](C)(C)C)C(=O)[O-]. The van der Waals surface area contributed by atoms with Gasteiger partial charge in [0.05, 0.1) is 40.3 Å². The average molecular weight is 1360 g/mol. The Bertz CT molecular complexity index is 1830. The van der Waals surface area contributed by atoms with Gasteiger partial charge < -0.3 is 33.3 Å². The van der Waals surface area contributed by atoms with Crippen molar-refractivity contribution in [3.63, 3.8) is 0 Å². The fourth-order valence-corrected chi connectivity index (χ4v) is 12.6. The Morgan fingerprint density at radius 2 is 0.588 bits per heavy atom. The molecule has 0 fully saturated rings. The number of quaternary nitrogens is 1. The largest absolute Gasteiger partial charge is 0.545 e. The van der Waals surface area contributed by atoms with Crippen molar-refractivity contribution in [2.24, 2.45) is 0 Å². The van der Waals surface area contributed by atoms with E-state index in [1.165, 1.54) is 315 Å². The van der Waals surface area contributed by atoms with Crippen LogP contribution in [0.15, 0.2) is 72.9 Å². The third-order valence-electron chi connectivity index (χ3n) is 18.9. The van der Waals surface area contributed by atoms with Gasteiger partial charge in [-0.2, -0.15) is 0 Å². The molecular weight excluding hydrogens is 1200 g/mol. The van der Waals surface area contributed by atoms with Gasteiger partial charge in [0.1, 0.15) is 13.2 Å². The van der Waals surface area contributed by atoms with E-state index in [1.807, 2.05) is 21.1 Å². The lowest BCUT2D eigenvalue weighted by molar-refractivity contribution is -0.870. The van der Waals surface area contributed by atoms with E-state index >= 15 is 0 Å². The summed E-state index contributed by atoms with van der Waals surface area (Å²) < 4.78 is 22.9. The standard InChI is InChI=1S/C88H161NO8/c1-6-8-10-12-14-16-18-20-22-24-26-28-30-32-34-36-38-40-42-43-45-46-48-50-52-54-56-58-60-62-64-66-68-70-72-74-76-78-85(90)95-82-84(83-96-88(87(92)93)94-81-80-89(3,4)5)97-86(91)79-77-75-73-71-69-67-65-63-61-59-57-55-53-51-49-47-44-41-39-37-35-33-31-29-27-25-23-21-19-17-15-13-11-9-7-2/h9,11,15,17-18,20-21,23-24,26-27,29,84,88H,6-8,10,12-14,16,19,22,25,28,30-83H2,1-5H3/b11-9-,17-15-,20-18-,23-21-,26-24-,29-27-. The van der Waals surface area contributed by atoms with E-state index in [9.17, 15) is 19.5 Å². The predicted octanol–water partition coefficient (Wildman–Crippen LogP) is 25.8. The molecule has 2 unspecified atom stereocenters. The van der Waals surface area contributed by atoms with Gasteiger partial charge in [0.2, 0.25) is 0 Å². The van der Waals surface area contributed by atoms with Gasteiger partial charge in [0.15, 0.2) is 12.4 Å². The summed E-state index contributed by atoms with van der Waals surface area (Å²) in [6.45, 7) is 4.70. The Morgan fingerprint density at radius 1 is 0.320 bits per heavy atom. The Labute approximate surface area is 602 Å². The lowest BCUT2D eigenvalue weighted by atomic mass is 10.0. The molecule has 0 amide bonds. The molecule has 0 aliphatic carbocycles. The fraction of sp³-hybridized carbons (Fsp3) is 0.830. The summed E-state index contributed by atoms with van der Waals surface area (Å²) >= 11 is 0. The van der Waals surface area contributed by atoms with E-state index in [-0.39, 0.29) is 32.2 Å². The fourth-order valence-electron chi connectivity index (χ4n) is 12.6. The van der Waals surface area contributed by atoms with Crippen molar-refractivity contribution >= 4 is 17.9 Å². The van der Waals surface area contributed by atoms with Crippen molar-refractivity contribution in [1.29, 1.82) is 0 Å². The molecule has 0 aliphatic rings. The molecule has 566 valence electrons. The van der Waals surface area contributed by atoms with Crippen LogP contribution in [0.3, 0.4) is 0 Å². The third-order valence-corrected chi connectivity index (χ3v) is 18.9. The molecular formula is C88H161NO8. The number of carbonyl (C=O) groups excluding carboxylic acids is 3. The lowest BCUT2D eigenvalue weighted by Crippen LogP contribution is -2.44. The number of rotatable bonds is 79. The molecule has 0 aliphatic heterocycles. The van der Waals surface area contributed by atoms with Crippen LogP contribution in [-0.4, -0.2) is 82.3 Å². The maximum absolute atomic E-state index is 13.0. The third kappa shape index (κ3) is 79.9. The van der Waals surface area contributed by atoms with Crippen molar-refractivity contribution in [1.82, 2.24) is 0 Å². The number of hydrogen-bond donors (Lipinski definition) is 0. The van der Waals surface area contributed by atoms with Crippen LogP contribution in [0.25, 0.3) is 0 Å². The first-order chi connectivity index (χ1) is 47.6. The number of likely N-dealkylation sites (N-methyl/N-ethyl adjacent to an activating group) is 1. The molecule has 9 heteroatoms. The van der Waals surface area contributed by atoms with Gasteiger partial charge in [0.25, 0.3) is 0 Å². The minimum absolute atomic E-state index is 0.150. The van der Waals surface area contributed by atoms with Gasteiger partial charge in [0, 0.05) is 12.8 Å². The normalized spacial score (nSPS) is 13.0. The summed E-state index contributed by atoms with van der Waals surface area (Å²) in [7, 11) is 5.95. The number of carboxylic acid groups (broad SMARTS) is 1. The number of nitrogens with zero attached hydrogens (tertiary/aromatic N) is 1. The molecule has 0 aromatic rings. The molecule has 2 atom stereocenters. The van der Waals surface area contributed by atoms with Crippen LogP contribution >= 0.6 is 0 Å². The Morgan fingerprint density at radius 3 is 0.876 bits per heavy atom. The van der Waals surface area contributed by atoms with E-state index in [0.717, 1.165) is 70.6 Å². The number of aliphatic carboxylic acids is 1. The molecule has 9 nitrogen and oxygen atoms in total. The van der Waals surface area contributed by atoms with E-state index in [4.69, 9.17) is 18.9 Å². The summed E-state index contributed by atoms with van der Waals surface area (Å²) in [4.78, 5) is 37.6. The minimum atomic E-state index is -1.62. The Kier molecular flexibility index (Phi) is 75.8. The molecule has 0 aromatic carbocycles. The second-order valence-corrected chi connectivity index (χ2v) is 29.7. The summed E-state index contributed by atoms with van der Waals surface area (Å²) in [5.41, 5.74) is 0. The smallest absolute Gasteiger partial charge is 0.306 e. The molecule has 0 rings (SSSR count). The molecule has 0 saturated heterocycles. The number of unbranched alkanes of at least 4 members (excludes halogenated alkanes) is 52. The first-order valence-electron chi connectivity index (χ1n) is 42.1. The molecule has 97 heavy (non-hydrogen) atoms. The predicted molar refractivity (Wildman–Crippen MR) is 417 cm³/mol. The van der Waals surface area contributed by atoms with Crippen LogP contribution in [0.4, 0.5) is 0 Å². The Hall–Kier alpha value is -3.27. The lowest BCUT2D eigenvalue weighted by Gasteiger charge is -2.26. The minimum Gasteiger partial charge on any atom is -0.545 e. The van der Waals surface area contributed by atoms with Gasteiger partial charge in [-0.25, -0.2) is 0 Å². The van der Waals surface area contributed by atoms with Gasteiger partial charge in [-0.05, 0) is 83.5 Å². The van der Waals surface area contributed by atoms with Gasteiger partial charge in [-0.1, -0.05) is 389 Å². The molecule has 0 radical (unpaired) electrons. The second-order valence-electron chi connectivity index (χ2n) is 29.7. The van der Waals surface area contributed by atoms with E-state index in [1.54, 1.807) is 0 Å². The maximum atomic E-state index is 13.0. The highest BCUT2D eigenvalue weighted by Gasteiger charge is 2.22. The number of carboxylic acids is 1. The average Bonchev–Trinajstić information content (AvgIpc) is 3.74. The first kappa shape index (κ1) is 93.7. The number of allylic oxidation sites excluding steroid dienone is 12. The van der Waals surface area contributed by atoms with Crippen molar-refractivity contribution < 1.29 is 42.9 Å². The van der Waals surface area contributed by atoms with Crippen LogP contribution in [0, 0.1) is 0 Å².